The summed E-state index contributed by atoms with van der Waals surface area (Å²) in [5, 5.41) is 0. The Hall–Kier alpha value is -1.09. The molecule has 1 rings (SSSR count). The van der Waals surface area contributed by atoms with Gasteiger partial charge in [-0.1, -0.05) is 19.4 Å². The van der Waals surface area contributed by atoms with Crippen LogP contribution in [0.3, 0.4) is 0 Å². The van der Waals surface area contributed by atoms with Crippen LogP contribution < -0.4 is 10.5 Å². The summed E-state index contributed by atoms with van der Waals surface area (Å²) >= 11 is 0. The van der Waals surface area contributed by atoms with Crippen LogP contribution in [0.5, 0.6) is 5.88 Å². The predicted molar refractivity (Wildman–Crippen MR) is 61.8 cm³/mol. The zero-order valence-electron chi connectivity index (χ0n) is 9.73. The maximum absolute atomic E-state index is 5.73. The normalized spacial score (nSPS) is 14.7. The highest BCUT2D eigenvalue weighted by molar-refractivity contribution is 5.20. The van der Waals surface area contributed by atoms with Gasteiger partial charge in [-0.05, 0) is 25.8 Å². The zero-order valence-corrected chi connectivity index (χ0v) is 9.73. The number of aromatic nitrogens is 1. The Morgan fingerprint density at radius 3 is 2.60 bits per heavy atom. The Labute approximate surface area is 91.7 Å². The van der Waals surface area contributed by atoms with E-state index in [2.05, 4.69) is 18.8 Å². The van der Waals surface area contributed by atoms with E-state index in [1.54, 1.807) is 6.20 Å². The van der Waals surface area contributed by atoms with Gasteiger partial charge < -0.3 is 10.5 Å². The highest BCUT2D eigenvalue weighted by Crippen LogP contribution is 2.14. The van der Waals surface area contributed by atoms with Crippen LogP contribution in [0, 0.1) is 0 Å². The van der Waals surface area contributed by atoms with Gasteiger partial charge >= 0.3 is 0 Å². The Kier molecular flexibility index (Phi) is 4.56. The summed E-state index contributed by atoms with van der Waals surface area (Å²) < 4.78 is 5.64. The molecule has 0 radical (unpaired) electrons. The first-order valence-electron chi connectivity index (χ1n) is 5.51. The summed E-state index contributed by atoms with van der Waals surface area (Å²) in [7, 11) is 0. The Morgan fingerprint density at radius 1 is 1.40 bits per heavy atom. The lowest BCUT2D eigenvalue weighted by Gasteiger charge is -2.13. The van der Waals surface area contributed by atoms with Crippen molar-refractivity contribution in [3.8, 4) is 5.88 Å². The Balaban J connectivity index is 2.56. The van der Waals surface area contributed by atoms with Crippen molar-refractivity contribution in [2.75, 3.05) is 0 Å². The van der Waals surface area contributed by atoms with Crippen LogP contribution in [-0.2, 0) is 0 Å². The molecule has 2 N–H and O–H groups in total. The molecule has 0 saturated heterocycles. The highest BCUT2D eigenvalue weighted by atomic mass is 16.5. The van der Waals surface area contributed by atoms with Crippen molar-refractivity contribution in [1.29, 1.82) is 0 Å². The molecule has 0 saturated carbocycles. The van der Waals surface area contributed by atoms with Gasteiger partial charge in [0.25, 0.3) is 0 Å². The molecule has 0 spiro atoms. The van der Waals surface area contributed by atoms with Gasteiger partial charge in [-0.15, -0.1) is 0 Å². The molecule has 0 fully saturated rings. The van der Waals surface area contributed by atoms with Gasteiger partial charge in [0.05, 0.1) is 6.10 Å². The van der Waals surface area contributed by atoms with Gasteiger partial charge in [0, 0.05) is 18.3 Å². The number of hydrogen-bond donors (Lipinski definition) is 1. The monoisotopic (exact) mass is 208 g/mol. The summed E-state index contributed by atoms with van der Waals surface area (Å²) in [5.74, 6) is 0.681. The molecule has 1 unspecified atom stereocenters. The van der Waals surface area contributed by atoms with Crippen molar-refractivity contribution < 1.29 is 4.74 Å². The molecule has 15 heavy (non-hydrogen) atoms. The van der Waals surface area contributed by atoms with E-state index in [1.807, 2.05) is 19.1 Å². The highest BCUT2D eigenvalue weighted by Gasteiger charge is 2.04. The number of nitrogens with zero attached hydrogens (tertiary/aromatic N) is 1. The third kappa shape index (κ3) is 3.88. The fourth-order valence-electron chi connectivity index (χ4n) is 1.40. The second kappa shape index (κ2) is 5.71. The number of rotatable bonds is 5. The van der Waals surface area contributed by atoms with Crippen LogP contribution >= 0.6 is 0 Å². The molecule has 0 aliphatic heterocycles. The average molecular weight is 208 g/mol. The third-order valence-corrected chi connectivity index (χ3v) is 2.30. The minimum atomic E-state index is 0.0274. The van der Waals surface area contributed by atoms with Crippen LogP contribution in [0.25, 0.3) is 0 Å². The van der Waals surface area contributed by atoms with Gasteiger partial charge in [0.15, 0.2) is 0 Å². The topological polar surface area (TPSA) is 48.1 Å². The van der Waals surface area contributed by atoms with Crippen molar-refractivity contribution in [3.05, 3.63) is 23.9 Å². The first-order valence-corrected chi connectivity index (χ1v) is 5.51. The molecule has 0 bridgehead atoms. The van der Waals surface area contributed by atoms with Crippen LogP contribution in [-0.4, -0.2) is 11.1 Å². The molecule has 0 aromatic carbocycles. The number of hydrogen-bond acceptors (Lipinski definition) is 3. The quantitative estimate of drug-likeness (QED) is 0.809. The number of ether oxygens (including phenoxy) is 1. The lowest BCUT2D eigenvalue weighted by atomic mass is 10.2. The maximum Gasteiger partial charge on any atom is 0.213 e. The van der Waals surface area contributed by atoms with E-state index >= 15 is 0 Å². The lowest BCUT2D eigenvalue weighted by Crippen LogP contribution is -2.12. The molecule has 1 aromatic rings. The summed E-state index contributed by atoms with van der Waals surface area (Å²) in [4.78, 5) is 4.22. The van der Waals surface area contributed by atoms with Crippen LogP contribution in [0.15, 0.2) is 18.3 Å². The standard InChI is InChI=1S/C12H20N2O/c1-4-5-9(2)15-12-7-6-11(8-14-12)10(3)13/h6-10H,4-5,13H2,1-3H3/t9?,10-/m0/s1. The minimum absolute atomic E-state index is 0.0274. The molecule has 2 atom stereocenters. The molecular weight excluding hydrogens is 188 g/mol. The van der Waals surface area contributed by atoms with E-state index < -0.39 is 0 Å². The molecule has 0 aliphatic rings. The SMILES string of the molecule is CCCC(C)Oc1ccc([C@H](C)N)cn1. The molecule has 84 valence electrons. The van der Waals surface area contributed by atoms with E-state index in [0.29, 0.717) is 5.88 Å². The van der Waals surface area contributed by atoms with Crippen molar-refractivity contribution in [2.24, 2.45) is 5.73 Å². The fourth-order valence-corrected chi connectivity index (χ4v) is 1.40. The van der Waals surface area contributed by atoms with Crippen LogP contribution in [0.1, 0.15) is 45.2 Å². The van der Waals surface area contributed by atoms with E-state index in [1.165, 1.54) is 0 Å². The number of nitrogens with two attached hydrogens (primary N) is 1. The summed E-state index contributed by atoms with van der Waals surface area (Å²) in [5.41, 5.74) is 6.76. The van der Waals surface area contributed by atoms with Crippen molar-refractivity contribution in [3.63, 3.8) is 0 Å². The largest absolute Gasteiger partial charge is 0.475 e. The maximum atomic E-state index is 5.73. The molecule has 0 amide bonds. The van der Waals surface area contributed by atoms with Crippen LogP contribution in [0.4, 0.5) is 0 Å². The van der Waals surface area contributed by atoms with Gasteiger partial charge in [0.1, 0.15) is 0 Å². The van der Waals surface area contributed by atoms with E-state index in [9.17, 15) is 0 Å². The minimum Gasteiger partial charge on any atom is -0.475 e. The molecule has 1 heterocycles. The smallest absolute Gasteiger partial charge is 0.213 e. The molecule has 0 aliphatic carbocycles. The van der Waals surface area contributed by atoms with E-state index in [4.69, 9.17) is 10.5 Å². The van der Waals surface area contributed by atoms with Crippen molar-refractivity contribution in [1.82, 2.24) is 4.98 Å². The first-order chi connectivity index (χ1) is 7.13. The fraction of sp³-hybridized carbons (Fsp3) is 0.583. The van der Waals surface area contributed by atoms with E-state index in [-0.39, 0.29) is 12.1 Å². The van der Waals surface area contributed by atoms with E-state index in [0.717, 1.165) is 18.4 Å². The summed E-state index contributed by atoms with van der Waals surface area (Å²) in [6, 6.07) is 3.87. The lowest BCUT2D eigenvalue weighted by molar-refractivity contribution is 0.201. The Bertz CT molecular complexity index is 282. The first kappa shape index (κ1) is 12.0. The second-order valence-electron chi connectivity index (χ2n) is 3.94. The summed E-state index contributed by atoms with van der Waals surface area (Å²) in [6.45, 7) is 6.15. The van der Waals surface area contributed by atoms with Gasteiger partial charge in [0.2, 0.25) is 5.88 Å². The zero-order chi connectivity index (χ0) is 11.3. The van der Waals surface area contributed by atoms with Gasteiger partial charge in [-0.3, -0.25) is 0 Å². The van der Waals surface area contributed by atoms with Gasteiger partial charge in [-0.2, -0.15) is 0 Å². The van der Waals surface area contributed by atoms with Crippen molar-refractivity contribution >= 4 is 0 Å². The van der Waals surface area contributed by atoms with Crippen molar-refractivity contribution in [2.45, 2.75) is 45.8 Å². The third-order valence-electron chi connectivity index (χ3n) is 2.30. The molecule has 3 heteroatoms. The molecule has 1 aromatic heterocycles. The average Bonchev–Trinajstić information content (AvgIpc) is 2.18. The summed E-state index contributed by atoms with van der Waals surface area (Å²) in [6.07, 6.45) is 4.18. The molecular formula is C12H20N2O. The predicted octanol–water partition coefficient (Wildman–Crippen LogP) is 2.67. The second-order valence-corrected chi connectivity index (χ2v) is 3.94. The number of pyridine rings is 1. The van der Waals surface area contributed by atoms with Crippen LogP contribution in [0.2, 0.25) is 0 Å². The van der Waals surface area contributed by atoms with Gasteiger partial charge in [-0.25, -0.2) is 4.98 Å². The Morgan fingerprint density at radius 2 is 2.13 bits per heavy atom. The molecule has 3 nitrogen and oxygen atoms in total.